The lowest BCUT2D eigenvalue weighted by atomic mass is 9.88. The van der Waals surface area contributed by atoms with Gasteiger partial charge in [-0.3, -0.25) is 0 Å². The van der Waals surface area contributed by atoms with E-state index in [9.17, 15) is 0 Å². The fourth-order valence-corrected chi connectivity index (χ4v) is 3.42. The van der Waals surface area contributed by atoms with Crippen LogP contribution in [0.2, 0.25) is 0 Å². The number of hydrogen-bond acceptors (Lipinski definition) is 1. The van der Waals surface area contributed by atoms with Crippen LogP contribution in [-0.2, 0) is 12.8 Å². The lowest BCUT2D eigenvalue weighted by Crippen LogP contribution is -2.34. The number of para-hydroxylation sites is 1. The van der Waals surface area contributed by atoms with Gasteiger partial charge < -0.3 is 10.6 Å². The van der Waals surface area contributed by atoms with E-state index >= 15 is 0 Å². The topological polar surface area (TPSA) is 24.1 Å². The predicted octanol–water partition coefficient (Wildman–Crippen LogP) is 4.61. The Morgan fingerprint density at radius 2 is 1.91 bits per heavy atom. The molecule has 0 radical (unpaired) electrons. The highest BCUT2D eigenvalue weighted by atomic mass is 32.1. The molecule has 114 valence electrons. The fraction of sp³-hybridized carbons (Fsp3) is 0.316. The van der Waals surface area contributed by atoms with Crippen molar-refractivity contribution < 1.29 is 0 Å². The Balaban J connectivity index is 1.70. The van der Waals surface area contributed by atoms with Crippen molar-refractivity contribution in [1.29, 1.82) is 0 Å². The zero-order valence-corrected chi connectivity index (χ0v) is 13.7. The maximum atomic E-state index is 5.53. The van der Waals surface area contributed by atoms with Crippen LogP contribution >= 0.6 is 12.2 Å². The molecule has 1 aliphatic carbocycles. The van der Waals surface area contributed by atoms with Crippen LogP contribution < -0.4 is 10.6 Å². The summed E-state index contributed by atoms with van der Waals surface area (Å²) in [5, 5.41) is 7.57. The van der Waals surface area contributed by atoms with Gasteiger partial charge in [0.1, 0.15) is 0 Å². The maximum absolute atomic E-state index is 5.53. The first-order valence-corrected chi connectivity index (χ1v) is 8.42. The van der Waals surface area contributed by atoms with E-state index in [1.165, 1.54) is 29.5 Å². The lowest BCUT2D eigenvalue weighted by Gasteiger charge is -2.27. The van der Waals surface area contributed by atoms with E-state index in [1.54, 1.807) is 0 Å². The molecule has 0 saturated carbocycles. The highest BCUT2D eigenvalue weighted by molar-refractivity contribution is 7.80. The summed E-state index contributed by atoms with van der Waals surface area (Å²) >= 11 is 5.53. The van der Waals surface area contributed by atoms with Crippen LogP contribution in [0.25, 0.3) is 0 Å². The average Bonchev–Trinajstić information content (AvgIpc) is 2.55. The Labute approximate surface area is 137 Å². The van der Waals surface area contributed by atoms with Gasteiger partial charge in [0, 0.05) is 5.69 Å². The Bertz CT molecular complexity index is 666. The van der Waals surface area contributed by atoms with Crippen molar-refractivity contribution in [1.82, 2.24) is 5.32 Å². The molecular formula is C19H22N2S. The average molecular weight is 310 g/mol. The first-order chi connectivity index (χ1) is 10.8. The summed E-state index contributed by atoms with van der Waals surface area (Å²) in [5.74, 6) is 0. The van der Waals surface area contributed by atoms with Gasteiger partial charge in [-0.2, -0.15) is 0 Å². The molecule has 0 spiro atoms. The Kier molecular flexibility index (Phi) is 4.74. The van der Waals surface area contributed by atoms with Crippen molar-refractivity contribution in [2.45, 2.75) is 38.6 Å². The standard InChI is InChI=1S/C19H22N2S/c1-2-14-8-4-6-12-17(14)20-19(22)21-18-13-7-10-15-9-3-5-11-16(15)18/h3-6,8-9,11-12,18H,2,7,10,13H2,1H3,(H2,20,21,22)/t18-/m0/s1. The number of anilines is 1. The molecule has 1 atom stereocenters. The molecule has 1 aliphatic rings. The quantitative estimate of drug-likeness (QED) is 0.809. The van der Waals surface area contributed by atoms with Crippen molar-refractivity contribution in [3.63, 3.8) is 0 Å². The van der Waals surface area contributed by atoms with E-state index in [2.05, 4.69) is 60.0 Å². The number of hydrogen-bond donors (Lipinski definition) is 2. The van der Waals surface area contributed by atoms with E-state index < -0.39 is 0 Å². The second-order valence-corrected chi connectivity index (χ2v) is 6.16. The van der Waals surface area contributed by atoms with Gasteiger partial charge >= 0.3 is 0 Å². The first kappa shape index (κ1) is 15.0. The largest absolute Gasteiger partial charge is 0.356 e. The molecule has 3 rings (SSSR count). The van der Waals surface area contributed by atoms with Gasteiger partial charge in [0.05, 0.1) is 6.04 Å². The molecule has 2 aromatic rings. The molecule has 0 amide bonds. The first-order valence-electron chi connectivity index (χ1n) is 8.01. The van der Waals surface area contributed by atoms with E-state index in [4.69, 9.17) is 12.2 Å². The number of aryl methyl sites for hydroxylation is 2. The van der Waals surface area contributed by atoms with Gasteiger partial charge in [0.25, 0.3) is 0 Å². The van der Waals surface area contributed by atoms with Gasteiger partial charge in [-0.05, 0) is 60.7 Å². The molecule has 2 aromatic carbocycles. The highest BCUT2D eigenvalue weighted by Gasteiger charge is 2.20. The smallest absolute Gasteiger partial charge is 0.171 e. The van der Waals surface area contributed by atoms with E-state index in [0.717, 1.165) is 18.5 Å². The van der Waals surface area contributed by atoms with Crippen molar-refractivity contribution in [3.05, 3.63) is 65.2 Å². The van der Waals surface area contributed by atoms with Crippen LogP contribution in [-0.4, -0.2) is 5.11 Å². The summed E-state index contributed by atoms with van der Waals surface area (Å²) in [6.45, 7) is 2.16. The third-order valence-electron chi connectivity index (χ3n) is 4.32. The molecule has 22 heavy (non-hydrogen) atoms. The number of benzene rings is 2. The van der Waals surface area contributed by atoms with Gasteiger partial charge in [-0.1, -0.05) is 49.4 Å². The Morgan fingerprint density at radius 3 is 2.77 bits per heavy atom. The number of nitrogens with one attached hydrogen (secondary N) is 2. The van der Waals surface area contributed by atoms with Crippen LogP contribution in [0.1, 0.15) is 42.5 Å². The molecule has 0 heterocycles. The van der Waals surface area contributed by atoms with Gasteiger partial charge in [-0.15, -0.1) is 0 Å². The maximum Gasteiger partial charge on any atom is 0.171 e. The molecule has 0 unspecified atom stereocenters. The highest BCUT2D eigenvalue weighted by Crippen LogP contribution is 2.29. The lowest BCUT2D eigenvalue weighted by molar-refractivity contribution is 0.529. The summed E-state index contributed by atoms with van der Waals surface area (Å²) in [7, 11) is 0. The zero-order chi connectivity index (χ0) is 15.4. The zero-order valence-electron chi connectivity index (χ0n) is 12.9. The summed E-state index contributed by atoms with van der Waals surface area (Å²) in [6, 6.07) is 17.3. The Morgan fingerprint density at radius 1 is 1.14 bits per heavy atom. The molecule has 3 heteroatoms. The molecule has 0 saturated heterocycles. The molecular weight excluding hydrogens is 288 g/mol. The van der Waals surface area contributed by atoms with Crippen molar-refractivity contribution >= 4 is 23.0 Å². The van der Waals surface area contributed by atoms with E-state index in [1.807, 2.05) is 6.07 Å². The van der Waals surface area contributed by atoms with E-state index in [-0.39, 0.29) is 0 Å². The van der Waals surface area contributed by atoms with Crippen LogP contribution in [0.5, 0.6) is 0 Å². The molecule has 0 aromatic heterocycles. The minimum Gasteiger partial charge on any atom is -0.356 e. The third-order valence-corrected chi connectivity index (χ3v) is 4.54. The van der Waals surface area contributed by atoms with Gasteiger partial charge in [-0.25, -0.2) is 0 Å². The van der Waals surface area contributed by atoms with Crippen LogP contribution in [0.3, 0.4) is 0 Å². The van der Waals surface area contributed by atoms with Crippen LogP contribution in [0.4, 0.5) is 5.69 Å². The van der Waals surface area contributed by atoms with Crippen molar-refractivity contribution in [2.75, 3.05) is 5.32 Å². The SMILES string of the molecule is CCc1ccccc1NC(=S)N[C@H]1CCCc2ccccc21. The molecule has 0 fully saturated rings. The number of fused-ring (bicyclic) bond motifs is 1. The van der Waals surface area contributed by atoms with Crippen molar-refractivity contribution in [2.24, 2.45) is 0 Å². The molecule has 2 nitrogen and oxygen atoms in total. The summed E-state index contributed by atoms with van der Waals surface area (Å²) in [6.07, 6.45) is 4.52. The predicted molar refractivity (Wildman–Crippen MR) is 97.3 cm³/mol. The van der Waals surface area contributed by atoms with Crippen LogP contribution in [0, 0.1) is 0 Å². The second kappa shape index (κ2) is 6.93. The normalized spacial score (nSPS) is 16.7. The van der Waals surface area contributed by atoms with Crippen LogP contribution in [0.15, 0.2) is 48.5 Å². The summed E-state index contributed by atoms with van der Waals surface area (Å²) < 4.78 is 0. The minimum atomic E-state index is 0.318. The van der Waals surface area contributed by atoms with E-state index in [0.29, 0.717) is 11.2 Å². The van der Waals surface area contributed by atoms with Gasteiger partial charge in [0.2, 0.25) is 0 Å². The molecule has 0 bridgehead atoms. The number of rotatable bonds is 3. The molecule has 2 N–H and O–H groups in total. The minimum absolute atomic E-state index is 0.318. The third kappa shape index (κ3) is 3.30. The summed E-state index contributed by atoms with van der Waals surface area (Å²) in [4.78, 5) is 0. The second-order valence-electron chi connectivity index (χ2n) is 5.75. The van der Waals surface area contributed by atoms with Gasteiger partial charge in [0.15, 0.2) is 5.11 Å². The summed E-state index contributed by atoms with van der Waals surface area (Å²) in [5.41, 5.74) is 5.23. The Hall–Kier alpha value is -1.87. The monoisotopic (exact) mass is 310 g/mol. The van der Waals surface area contributed by atoms with Crippen molar-refractivity contribution in [3.8, 4) is 0 Å². The molecule has 0 aliphatic heterocycles. The number of thiocarbonyl (C=S) groups is 1. The fourth-order valence-electron chi connectivity index (χ4n) is 3.17.